The molecule has 0 saturated heterocycles. The molecule has 1 aromatic rings. The summed E-state index contributed by atoms with van der Waals surface area (Å²) in [5.41, 5.74) is 1.02. The first kappa shape index (κ1) is 12.4. The van der Waals surface area contributed by atoms with Crippen LogP contribution >= 0.6 is 11.8 Å². The van der Waals surface area contributed by atoms with Crippen molar-refractivity contribution in [2.45, 2.75) is 17.8 Å². The Morgan fingerprint density at radius 1 is 1.47 bits per heavy atom. The van der Waals surface area contributed by atoms with Crippen molar-refractivity contribution in [3.63, 3.8) is 0 Å². The monoisotopic (exact) mass is 229 g/mol. The maximum absolute atomic E-state index is 9.12. The fourth-order valence-electron chi connectivity index (χ4n) is 0.936. The largest absolute Gasteiger partial charge is 0.394 e. The van der Waals surface area contributed by atoms with Gasteiger partial charge in [-0.3, -0.25) is 0 Å². The molecular formula is C9H15N3O2S. The van der Waals surface area contributed by atoms with Gasteiger partial charge in [0.25, 0.3) is 0 Å². The van der Waals surface area contributed by atoms with Gasteiger partial charge in [-0.05, 0) is 7.05 Å². The van der Waals surface area contributed by atoms with E-state index in [1.54, 1.807) is 12.4 Å². The van der Waals surface area contributed by atoms with Gasteiger partial charge in [-0.2, -0.15) is 0 Å². The highest BCUT2D eigenvalue weighted by molar-refractivity contribution is 7.99. The Bertz CT molecular complexity index is 281. The second-order valence-electron chi connectivity index (χ2n) is 3.05. The van der Waals surface area contributed by atoms with Crippen molar-refractivity contribution in [1.82, 2.24) is 15.3 Å². The van der Waals surface area contributed by atoms with E-state index in [1.807, 2.05) is 7.05 Å². The molecule has 0 aliphatic carbocycles. The molecule has 84 valence electrons. The molecule has 3 N–H and O–H groups in total. The van der Waals surface area contributed by atoms with Gasteiger partial charge in [0.2, 0.25) is 0 Å². The van der Waals surface area contributed by atoms with Crippen LogP contribution in [0.4, 0.5) is 0 Å². The summed E-state index contributed by atoms with van der Waals surface area (Å²) in [5, 5.41) is 21.4. The second kappa shape index (κ2) is 6.73. The molecule has 1 atom stereocenters. The first-order valence-corrected chi connectivity index (χ1v) is 5.62. The molecular weight excluding hydrogens is 214 g/mol. The number of aromatic nitrogens is 2. The first-order valence-electron chi connectivity index (χ1n) is 4.63. The van der Waals surface area contributed by atoms with Crippen LogP contribution in [0, 0.1) is 0 Å². The Hall–Kier alpha value is -0.690. The molecule has 0 fully saturated rings. The Kier molecular flexibility index (Phi) is 5.56. The van der Waals surface area contributed by atoms with E-state index in [4.69, 9.17) is 10.2 Å². The van der Waals surface area contributed by atoms with Crippen molar-refractivity contribution in [3.8, 4) is 0 Å². The van der Waals surface area contributed by atoms with E-state index >= 15 is 0 Å². The van der Waals surface area contributed by atoms with Crippen molar-refractivity contribution < 1.29 is 10.2 Å². The summed E-state index contributed by atoms with van der Waals surface area (Å²) in [5.74, 6) is 0.405. The van der Waals surface area contributed by atoms with E-state index in [0.29, 0.717) is 10.9 Å². The third kappa shape index (κ3) is 4.57. The van der Waals surface area contributed by atoms with E-state index in [9.17, 15) is 0 Å². The van der Waals surface area contributed by atoms with Crippen LogP contribution in [0.2, 0.25) is 0 Å². The molecule has 1 unspecified atom stereocenters. The Labute approximate surface area is 93.0 Å². The van der Waals surface area contributed by atoms with Crippen LogP contribution in [0.25, 0.3) is 0 Å². The summed E-state index contributed by atoms with van der Waals surface area (Å²) in [7, 11) is 1.86. The minimum atomic E-state index is -0.712. The molecule has 0 aromatic carbocycles. The van der Waals surface area contributed by atoms with E-state index in [0.717, 1.165) is 12.1 Å². The molecule has 5 nitrogen and oxygen atoms in total. The fourth-order valence-corrected chi connectivity index (χ4v) is 1.64. The van der Waals surface area contributed by atoms with Gasteiger partial charge in [0.1, 0.15) is 0 Å². The lowest BCUT2D eigenvalue weighted by Crippen LogP contribution is -2.14. The van der Waals surface area contributed by atoms with Crippen molar-refractivity contribution >= 4 is 11.8 Å². The topological polar surface area (TPSA) is 78.3 Å². The number of hydrogen-bond acceptors (Lipinski definition) is 6. The molecule has 0 saturated carbocycles. The number of rotatable bonds is 6. The van der Waals surface area contributed by atoms with E-state index in [2.05, 4.69) is 15.3 Å². The lowest BCUT2D eigenvalue weighted by Gasteiger charge is -2.05. The summed E-state index contributed by atoms with van der Waals surface area (Å²) >= 11 is 1.33. The SMILES string of the molecule is CNCc1cnc(SCC(O)CO)nc1. The lowest BCUT2D eigenvalue weighted by molar-refractivity contribution is 0.113. The molecule has 0 aliphatic heterocycles. The highest BCUT2D eigenvalue weighted by atomic mass is 32.2. The van der Waals surface area contributed by atoms with E-state index in [1.165, 1.54) is 11.8 Å². The van der Waals surface area contributed by atoms with Crippen LogP contribution in [-0.2, 0) is 6.54 Å². The molecule has 0 radical (unpaired) electrons. The lowest BCUT2D eigenvalue weighted by atomic mass is 10.3. The molecule has 0 spiro atoms. The second-order valence-corrected chi connectivity index (χ2v) is 4.04. The van der Waals surface area contributed by atoms with Gasteiger partial charge in [0.05, 0.1) is 12.7 Å². The van der Waals surface area contributed by atoms with Crippen LogP contribution in [-0.4, -0.2) is 45.7 Å². The summed E-state index contributed by atoms with van der Waals surface area (Å²) in [4.78, 5) is 8.25. The number of hydrogen-bond donors (Lipinski definition) is 3. The zero-order valence-electron chi connectivity index (χ0n) is 8.55. The summed E-state index contributed by atoms with van der Waals surface area (Å²) in [6, 6.07) is 0. The number of thioether (sulfide) groups is 1. The van der Waals surface area contributed by atoms with Gasteiger partial charge in [-0.1, -0.05) is 11.8 Å². The predicted molar refractivity (Wildman–Crippen MR) is 58.6 cm³/mol. The third-order valence-electron chi connectivity index (χ3n) is 1.68. The number of aliphatic hydroxyl groups excluding tert-OH is 2. The van der Waals surface area contributed by atoms with E-state index in [-0.39, 0.29) is 6.61 Å². The van der Waals surface area contributed by atoms with Crippen LogP contribution < -0.4 is 5.32 Å². The molecule has 1 heterocycles. The standard InChI is InChI=1S/C9H15N3O2S/c1-10-2-7-3-11-9(12-4-7)15-6-8(14)5-13/h3-4,8,10,13-14H,2,5-6H2,1H3. The number of nitrogens with one attached hydrogen (secondary N) is 1. The van der Waals surface area contributed by atoms with Crippen molar-refractivity contribution in [2.24, 2.45) is 0 Å². The van der Waals surface area contributed by atoms with Crippen molar-refractivity contribution in [2.75, 3.05) is 19.4 Å². The quantitative estimate of drug-likeness (QED) is 0.457. The summed E-state index contributed by atoms with van der Waals surface area (Å²) in [6.07, 6.45) is 2.78. The van der Waals surface area contributed by atoms with Crippen LogP contribution in [0.1, 0.15) is 5.56 Å². The molecule has 0 bridgehead atoms. The average Bonchev–Trinajstić information content (AvgIpc) is 2.28. The maximum Gasteiger partial charge on any atom is 0.187 e. The highest BCUT2D eigenvalue weighted by Gasteiger charge is 2.04. The van der Waals surface area contributed by atoms with Gasteiger partial charge in [0, 0.05) is 30.3 Å². The summed E-state index contributed by atoms with van der Waals surface area (Å²) in [6.45, 7) is 0.509. The highest BCUT2D eigenvalue weighted by Crippen LogP contribution is 2.13. The number of aliphatic hydroxyl groups is 2. The van der Waals surface area contributed by atoms with Crippen molar-refractivity contribution in [1.29, 1.82) is 0 Å². The Morgan fingerprint density at radius 2 is 2.13 bits per heavy atom. The van der Waals surface area contributed by atoms with Crippen molar-refractivity contribution in [3.05, 3.63) is 18.0 Å². The van der Waals surface area contributed by atoms with E-state index < -0.39 is 6.10 Å². The van der Waals surface area contributed by atoms with Gasteiger partial charge in [-0.15, -0.1) is 0 Å². The zero-order chi connectivity index (χ0) is 11.1. The minimum Gasteiger partial charge on any atom is -0.394 e. The smallest absolute Gasteiger partial charge is 0.187 e. The van der Waals surface area contributed by atoms with Crippen LogP contribution in [0.15, 0.2) is 17.6 Å². The minimum absolute atomic E-state index is 0.231. The molecule has 15 heavy (non-hydrogen) atoms. The zero-order valence-corrected chi connectivity index (χ0v) is 9.37. The molecule has 0 amide bonds. The molecule has 0 aliphatic rings. The molecule has 1 rings (SSSR count). The normalized spacial score (nSPS) is 12.7. The van der Waals surface area contributed by atoms with Gasteiger partial charge < -0.3 is 15.5 Å². The number of nitrogens with zero attached hydrogens (tertiary/aromatic N) is 2. The van der Waals surface area contributed by atoms with Crippen LogP contribution in [0.3, 0.4) is 0 Å². The van der Waals surface area contributed by atoms with Gasteiger partial charge in [-0.25, -0.2) is 9.97 Å². The Morgan fingerprint density at radius 3 is 2.67 bits per heavy atom. The average molecular weight is 229 g/mol. The summed E-state index contributed by atoms with van der Waals surface area (Å²) < 4.78 is 0. The molecule has 1 aromatic heterocycles. The maximum atomic E-state index is 9.12. The molecule has 6 heteroatoms. The van der Waals surface area contributed by atoms with Crippen LogP contribution in [0.5, 0.6) is 0 Å². The predicted octanol–water partition coefficient (Wildman–Crippen LogP) is -0.359. The first-order chi connectivity index (χ1) is 7.26. The van der Waals surface area contributed by atoms with Gasteiger partial charge in [0.15, 0.2) is 5.16 Å². The Balaban J connectivity index is 2.42. The van der Waals surface area contributed by atoms with Gasteiger partial charge >= 0.3 is 0 Å². The third-order valence-corrected chi connectivity index (χ3v) is 2.70. The fraction of sp³-hybridized carbons (Fsp3) is 0.556.